The SMILES string of the molecule is Cc1nn(C2C=CCCC2)c(C)c1CC(=O)O. The zero-order valence-electron chi connectivity index (χ0n) is 10.3. The van der Waals surface area contributed by atoms with E-state index in [1.807, 2.05) is 18.5 Å². The molecule has 1 aliphatic rings. The number of allylic oxidation sites excluding steroid dienone is 2. The molecule has 0 saturated heterocycles. The lowest BCUT2D eigenvalue weighted by atomic mass is 10.0. The van der Waals surface area contributed by atoms with Crippen molar-refractivity contribution >= 4 is 5.97 Å². The van der Waals surface area contributed by atoms with Crippen LogP contribution < -0.4 is 0 Å². The van der Waals surface area contributed by atoms with E-state index >= 15 is 0 Å². The van der Waals surface area contributed by atoms with Crippen molar-refractivity contribution in [1.29, 1.82) is 0 Å². The number of hydrogen-bond donors (Lipinski definition) is 1. The van der Waals surface area contributed by atoms with Gasteiger partial charge in [-0.05, 0) is 33.1 Å². The maximum absolute atomic E-state index is 10.8. The Labute approximate surface area is 101 Å². The molecule has 0 saturated carbocycles. The minimum absolute atomic E-state index is 0.0636. The Bertz CT molecular complexity index is 460. The van der Waals surface area contributed by atoms with Gasteiger partial charge in [-0.2, -0.15) is 5.10 Å². The van der Waals surface area contributed by atoms with E-state index in [2.05, 4.69) is 17.3 Å². The highest BCUT2D eigenvalue weighted by atomic mass is 16.4. The van der Waals surface area contributed by atoms with Gasteiger partial charge in [-0.3, -0.25) is 9.48 Å². The molecule has 4 nitrogen and oxygen atoms in total. The normalized spacial score (nSPS) is 19.5. The molecular weight excluding hydrogens is 216 g/mol. The Morgan fingerprint density at radius 3 is 2.94 bits per heavy atom. The summed E-state index contributed by atoms with van der Waals surface area (Å²) >= 11 is 0. The maximum Gasteiger partial charge on any atom is 0.307 e. The second-order valence-corrected chi connectivity index (χ2v) is 4.59. The van der Waals surface area contributed by atoms with Crippen molar-refractivity contribution in [3.05, 3.63) is 29.1 Å². The Morgan fingerprint density at radius 1 is 1.59 bits per heavy atom. The van der Waals surface area contributed by atoms with Crippen LogP contribution in [0.1, 0.15) is 42.3 Å². The highest BCUT2D eigenvalue weighted by molar-refractivity contribution is 5.70. The lowest BCUT2D eigenvalue weighted by molar-refractivity contribution is -0.136. The second kappa shape index (κ2) is 4.73. The van der Waals surface area contributed by atoms with Gasteiger partial charge in [0.05, 0.1) is 18.2 Å². The Kier molecular flexibility index (Phi) is 3.31. The summed E-state index contributed by atoms with van der Waals surface area (Å²) in [6.45, 7) is 3.84. The summed E-state index contributed by atoms with van der Waals surface area (Å²) in [5.74, 6) is -0.796. The van der Waals surface area contributed by atoms with E-state index in [9.17, 15) is 4.79 Å². The van der Waals surface area contributed by atoms with Gasteiger partial charge in [-0.25, -0.2) is 0 Å². The van der Waals surface area contributed by atoms with Crippen LogP contribution in [0, 0.1) is 13.8 Å². The summed E-state index contributed by atoms with van der Waals surface area (Å²) < 4.78 is 1.98. The van der Waals surface area contributed by atoms with Crippen molar-refractivity contribution in [2.24, 2.45) is 0 Å². The molecule has 92 valence electrons. The lowest BCUT2D eigenvalue weighted by Crippen LogP contribution is -2.12. The van der Waals surface area contributed by atoms with Crippen molar-refractivity contribution in [2.45, 2.75) is 45.6 Å². The molecule has 1 aromatic heterocycles. The van der Waals surface area contributed by atoms with Gasteiger partial charge in [0.2, 0.25) is 0 Å². The highest BCUT2D eigenvalue weighted by Gasteiger charge is 2.19. The molecular formula is C13H18N2O2. The molecule has 1 aromatic rings. The molecule has 0 aliphatic heterocycles. The van der Waals surface area contributed by atoms with E-state index in [-0.39, 0.29) is 6.42 Å². The first-order valence-electron chi connectivity index (χ1n) is 6.02. The first kappa shape index (κ1) is 11.9. The van der Waals surface area contributed by atoms with Gasteiger partial charge in [0.15, 0.2) is 0 Å². The monoisotopic (exact) mass is 234 g/mol. The molecule has 0 aromatic carbocycles. The average molecular weight is 234 g/mol. The lowest BCUT2D eigenvalue weighted by Gasteiger charge is -2.18. The second-order valence-electron chi connectivity index (χ2n) is 4.59. The molecule has 1 N–H and O–H groups in total. The van der Waals surface area contributed by atoms with Crippen molar-refractivity contribution in [2.75, 3.05) is 0 Å². The molecule has 1 aliphatic carbocycles. The smallest absolute Gasteiger partial charge is 0.307 e. The van der Waals surface area contributed by atoms with Gasteiger partial charge in [-0.1, -0.05) is 12.2 Å². The van der Waals surface area contributed by atoms with Gasteiger partial charge < -0.3 is 5.11 Å². The Balaban J connectivity index is 2.32. The van der Waals surface area contributed by atoms with Crippen LogP contribution in [0.3, 0.4) is 0 Å². The molecule has 1 atom stereocenters. The summed E-state index contributed by atoms with van der Waals surface area (Å²) in [4.78, 5) is 10.8. The predicted octanol–water partition coefficient (Wildman–Crippen LogP) is 2.41. The van der Waals surface area contributed by atoms with Crippen molar-refractivity contribution in [3.8, 4) is 0 Å². The highest BCUT2D eigenvalue weighted by Crippen LogP contribution is 2.25. The van der Waals surface area contributed by atoms with E-state index in [4.69, 9.17) is 5.11 Å². The van der Waals surface area contributed by atoms with Gasteiger partial charge >= 0.3 is 5.97 Å². The van der Waals surface area contributed by atoms with Crippen LogP contribution in [-0.4, -0.2) is 20.9 Å². The minimum Gasteiger partial charge on any atom is -0.481 e. The summed E-state index contributed by atoms with van der Waals surface area (Å²) in [6, 6.07) is 0.296. The number of aromatic nitrogens is 2. The van der Waals surface area contributed by atoms with Crippen molar-refractivity contribution in [1.82, 2.24) is 9.78 Å². The third-order valence-corrected chi connectivity index (χ3v) is 3.35. The van der Waals surface area contributed by atoms with Gasteiger partial charge in [0.25, 0.3) is 0 Å². The number of hydrogen-bond acceptors (Lipinski definition) is 2. The molecule has 0 amide bonds. The van der Waals surface area contributed by atoms with Gasteiger partial charge in [0.1, 0.15) is 0 Å². The number of aliphatic carboxylic acids is 1. The minimum atomic E-state index is -0.796. The Morgan fingerprint density at radius 2 is 2.35 bits per heavy atom. The Hall–Kier alpha value is -1.58. The van der Waals surface area contributed by atoms with Crippen LogP contribution in [-0.2, 0) is 11.2 Å². The standard InChI is InChI=1S/C13H18N2O2/c1-9-12(8-13(16)17)10(2)15(14-9)11-6-4-3-5-7-11/h4,6,11H,3,5,7-8H2,1-2H3,(H,16,17). The molecule has 0 fully saturated rings. The summed E-state index contributed by atoms with van der Waals surface area (Å²) in [6.07, 6.45) is 7.82. The van der Waals surface area contributed by atoms with Crippen LogP contribution in [0.15, 0.2) is 12.2 Å². The zero-order valence-corrected chi connectivity index (χ0v) is 10.3. The molecule has 17 heavy (non-hydrogen) atoms. The quantitative estimate of drug-likeness (QED) is 0.817. The fraction of sp³-hybridized carbons (Fsp3) is 0.538. The fourth-order valence-corrected chi connectivity index (χ4v) is 2.43. The number of rotatable bonds is 3. The van der Waals surface area contributed by atoms with Crippen LogP contribution >= 0.6 is 0 Å². The van der Waals surface area contributed by atoms with E-state index in [1.54, 1.807) is 0 Å². The zero-order chi connectivity index (χ0) is 12.4. The van der Waals surface area contributed by atoms with Gasteiger partial charge in [-0.15, -0.1) is 0 Å². The number of nitrogens with zero attached hydrogens (tertiary/aromatic N) is 2. The molecule has 2 rings (SSSR count). The maximum atomic E-state index is 10.8. The predicted molar refractivity (Wildman–Crippen MR) is 65.1 cm³/mol. The van der Waals surface area contributed by atoms with Crippen molar-refractivity contribution < 1.29 is 9.90 Å². The summed E-state index contributed by atoms with van der Waals surface area (Å²) in [7, 11) is 0. The number of carbonyl (C=O) groups is 1. The molecule has 1 unspecified atom stereocenters. The average Bonchev–Trinajstić information content (AvgIpc) is 2.58. The number of aryl methyl sites for hydroxylation is 1. The first-order valence-corrected chi connectivity index (χ1v) is 6.02. The summed E-state index contributed by atoms with van der Waals surface area (Å²) in [5, 5.41) is 13.4. The van der Waals surface area contributed by atoms with Gasteiger partial charge in [0, 0.05) is 11.3 Å². The molecule has 0 bridgehead atoms. The number of carboxylic acid groups (broad SMARTS) is 1. The summed E-state index contributed by atoms with van der Waals surface area (Å²) in [5.41, 5.74) is 2.68. The van der Waals surface area contributed by atoms with Crippen molar-refractivity contribution in [3.63, 3.8) is 0 Å². The molecule has 0 spiro atoms. The largest absolute Gasteiger partial charge is 0.481 e. The van der Waals surface area contributed by atoms with Crippen LogP contribution in [0.4, 0.5) is 0 Å². The molecule has 4 heteroatoms. The van der Waals surface area contributed by atoms with E-state index in [1.165, 1.54) is 6.42 Å². The number of carboxylic acids is 1. The van der Waals surface area contributed by atoms with Crippen LogP contribution in [0.5, 0.6) is 0 Å². The fourth-order valence-electron chi connectivity index (χ4n) is 2.43. The first-order chi connectivity index (χ1) is 8.09. The third-order valence-electron chi connectivity index (χ3n) is 3.35. The molecule has 1 heterocycles. The van der Waals surface area contributed by atoms with E-state index in [0.717, 1.165) is 29.8 Å². The van der Waals surface area contributed by atoms with E-state index < -0.39 is 5.97 Å². The van der Waals surface area contributed by atoms with E-state index in [0.29, 0.717) is 6.04 Å². The molecule has 0 radical (unpaired) electrons. The third kappa shape index (κ3) is 2.40. The topological polar surface area (TPSA) is 55.1 Å². The van der Waals surface area contributed by atoms with Crippen LogP contribution in [0.25, 0.3) is 0 Å². The van der Waals surface area contributed by atoms with Crippen LogP contribution in [0.2, 0.25) is 0 Å².